The Morgan fingerprint density at radius 2 is 1.54 bits per heavy atom. The van der Waals surface area contributed by atoms with Gasteiger partial charge in [-0.1, -0.05) is 48.5 Å². The van der Waals surface area contributed by atoms with E-state index >= 15 is 0 Å². The summed E-state index contributed by atoms with van der Waals surface area (Å²) >= 11 is 0. The summed E-state index contributed by atoms with van der Waals surface area (Å²) in [5.74, 6) is -0.685. The van der Waals surface area contributed by atoms with Gasteiger partial charge in [0.1, 0.15) is 11.8 Å². The largest absolute Gasteiger partial charge is 0.467 e. The second kappa shape index (κ2) is 11.0. The van der Waals surface area contributed by atoms with Crippen molar-refractivity contribution in [2.24, 2.45) is 0 Å². The summed E-state index contributed by atoms with van der Waals surface area (Å²) in [4.78, 5) is 40.9. The summed E-state index contributed by atoms with van der Waals surface area (Å²) in [6, 6.07) is 21.9. The number of hydrogen-bond acceptors (Lipinski definition) is 5. The van der Waals surface area contributed by atoms with E-state index in [4.69, 9.17) is 8.83 Å². The zero-order valence-corrected chi connectivity index (χ0v) is 19.1. The molecule has 0 fully saturated rings. The number of amides is 3. The molecule has 0 unspecified atom stereocenters. The van der Waals surface area contributed by atoms with Gasteiger partial charge in [0.25, 0.3) is 5.91 Å². The molecule has 0 aliphatic rings. The highest BCUT2D eigenvalue weighted by atomic mass is 16.3. The maximum atomic E-state index is 13.6. The lowest BCUT2D eigenvalue weighted by molar-refractivity contribution is -0.126. The molecule has 0 aliphatic heterocycles. The third-order valence-corrected chi connectivity index (χ3v) is 5.43. The normalized spacial score (nSPS) is 11.5. The Kier molecular flexibility index (Phi) is 7.42. The van der Waals surface area contributed by atoms with Gasteiger partial charge in [0.2, 0.25) is 11.8 Å². The first-order valence-electron chi connectivity index (χ1n) is 11.1. The first kappa shape index (κ1) is 23.6. The van der Waals surface area contributed by atoms with Crippen molar-refractivity contribution in [1.82, 2.24) is 10.6 Å². The van der Waals surface area contributed by atoms with Crippen LogP contribution in [0.2, 0.25) is 0 Å². The molecular formula is C27H25N3O5. The van der Waals surface area contributed by atoms with E-state index < -0.39 is 17.9 Å². The van der Waals surface area contributed by atoms with Crippen LogP contribution >= 0.6 is 0 Å². The van der Waals surface area contributed by atoms with Crippen molar-refractivity contribution in [2.45, 2.75) is 19.5 Å². The van der Waals surface area contributed by atoms with Gasteiger partial charge in [0.05, 0.1) is 25.6 Å². The van der Waals surface area contributed by atoms with E-state index in [0.29, 0.717) is 17.0 Å². The molecule has 0 radical (unpaired) electrons. The number of nitrogens with one attached hydrogen (secondary N) is 2. The molecule has 178 valence electrons. The number of rotatable bonds is 9. The van der Waals surface area contributed by atoms with Crippen LogP contribution in [0.3, 0.4) is 0 Å². The zero-order valence-electron chi connectivity index (χ0n) is 19.1. The number of furan rings is 2. The molecule has 35 heavy (non-hydrogen) atoms. The number of benzene rings is 2. The highest BCUT2D eigenvalue weighted by molar-refractivity contribution is 6.04. The number of carbonyl (C=O) groups excluding carboxylic acids is 3. The van der Waals surface area contributed by atoms with E-state index in [2.05, 4.69) is 10.6 Å². The molecule has 8 heteroatoms. The van der Waals surface area contributed by atoms with Crippen molar-refractivity contribution in [1.29, 1.82) is 0 Å². The van der Waals surface area contributed by atoms with Gasteiger partial charge < -0.3 is 19.5 Å². The van der Waals surface area contributed by atoms with Crippen LogP contribution in [0.4, 0.5) is 5.69 Å². The fourth-order valence-electron chi connectivity index (χ4n) is 3.72. The monoisotopic (exact) mass is 471 g/mol. The van der Waals surface area contributed by atoms with E-state index in [9.17, 15) is 14.4 Å². The molecule has 2 aromatic heterocycles. The van der Waals surface area contributed by atoms with E-state index in [-0.39, 0.29) is 24.8 Å². The second-order valence-corrected chi connectivity index (χ2v) is 7.82. The van der Waals surface area contributed by atoms with Crippen molar-refractivity contribution in [3.63, 3.8) is 0 Å². The highest BCUT2D eigenvalue weighted by Gasteiger charge is 2.33. The minimum absolute atomic E-state index is 0.0936. The maximum absolute atomic E-state index is 13.6. The fraction of sp³-hybridized carbons (Fsp3) is 0.148. The van der Waals surface area contributed by atoms with Crippen LogP contribution in [-0.2, 0) is 16.1 Å². The van der Waals surface area contributed by atoms with Crippen molar-refractivity contribution in [3.05, 3.63) is 114 Å². The Balaban J connectivity index is 1.66. The summed E-state index contributed by atoms with van der Waals surface area (Å²) in [7, 11) is 0. The number of hydrogen-bond donors (Lipinski definition) is 2. The molecule has 1 atom stereocenters. The minimum atomic E-state index is -0.986. The third-order valence-electron chi connectivity index (χ3n) is 5.43. The summed E-state index contributed by atoms with van der Waals surface area (Å²) in [5.41, 5.74) is 1.99. The molecule has 8 nitrogen and oxygen atoms in total. The summed E-state index contributed by atoms with van der Waals surface area (Å²) in [5, 5.41) is 5.45. The number of nitrogens with zero attached hydrogens (tertiary/aromatic N) is 1. The number of para-hydroxylation sites is 1. The van der Waals surface area contributed by atoms with Crippen LogP contribution in [0, 0.1) is 6.92 Å². The molecule has 0 aliphatic carbocycles. The van der Waals surface area contributed by atoms with Gasteiger partial charge >= 0.3 is 0 Å². The first-order chi connectivity index (χ1) is 17.0. The van der Waals surface area contributed by atoms with E-state index in [1.807, 2.05) is 25.1 Å². The Morgan fingerprint density at radius 1 is 0.829 bits per heavy atom. The summed E-state index contributed by atoms with van der Waals surface area (Å²) < 4.78 is 10.4. The van der Waals surface area contributed by atoms with Crippen LogP contribution in [0.25, 0.3) is 0 Å². The molecule has 2 heterocycles. The van der Waals surface area contributed by atoms with Crippen LogP contribution in [0.1, 0.15) is 33.5 Å². The van der Waals surface area contributed by atoms with Crippen molar-refractivity contribution < 1.29 is 23.2 Å². The minimum Gasteiger partial charge on any atom is -0.467 e. The van der Waals surface area contributed by atoms with Crippen LogP contribution in [0.5, 0.6) is 0 Å². The van der Waals surface area contributed by atoms with Gasteiger partial charge in [0.15, 0.2) is 5.76 Å². The molecular weight excluding hydrogens is 446 g/mol. The van der Waals surface area contributed by atoms with Crippen LogP contribution < -0.4 is 15.5 Å². The van der Waals surface area contributed by atoms with E-state index in [0.717, 1.165) is 5.56 Å². The molecule has 0 spiro atoms. The van der Waals surface area contributed by atoms with E-state index in [1.54, 1.807) is 54.6 Å². The number of anilines is 1. The third kappa shape index (κ3) is 5.67. The quantitative estimate of drug-likeness (QED) is 0.384. The van der Waals surface area contributed by atoms with Gasteiger partial charge in [-0.25, -0.2) is 0 Å². The van der Waals surface area contributed by atoms with Gasteiger partial charge in [-0.3, -0.25) is 19.3 Å². The van der Waals surface area contributed by atoms with Gasteiger partial charge in [-0.15, -0.1) is 0 Å². The van der Waals surface area contributed by atoms with Gasteiger partial charge in [-0.05, 0) is 48.4 Å². The topological polar surface area (TPSA) is 105 Å². The Morgan fingerprint density at radius 3 is 2.23 bits per heavy atom. The molecule has 4 rings (SSSR count). The molecule has 0 saturated carbocycles. The number of carbonyl (C=O) groups is 3. The predicted octanol–water partition coefficient (Wildman–Crippen LogP) is 4.00. The lowest BCUT2D eigenvalue weighted by Crippen LogP contribution is -2.47. The predicted molar refractivity (Wildman–Crippen MR) is 129 cm³/mol. The van der Waals surface area contributed by atoms with Crippen molar-refractivity contribution >= 4 is 23.4 Å². The molecule has 2 N–H and O–H groups in total. The van der Waals surface area contributed by atoms with Crippen molar-refractivity contribution in [3.8, 4) is 0 Å². The lowest BCUT2D eigenvalue weighted by atomic mass is 10.0. The molecule has 2 aromatic carbocycles. The van der Waals surface area contributed by atoms with Crippen LogP contribution in [-0.4, -0.2) is 24.3 Å². The summed E-state index contributed by atoms with van der Waals surface area (Å²) in [6.07, 6.45) is 2.91. The highest BCUT2D eigenvalue weighted by Crippen LogP contribution is 2.30. The van der Waals surface area contributed by atoms with Crippen molar-refractivity contribution in [2.75, 3.05) is 11.4 Å². The Hall–Kier alpha value is -4.59. The average molecular weight is 472 g/mol. The van der Waals surface area contributed by atoms with Gasteiger partial charge in [0, 0.05) is 5.69 Å². The standard InChI is InChI=1S/C27H25N3O5/c1-19-9-5-6-13-22(19)30(24(31)18-29-26(32)23-14-8-16-35-23)25(20-10-3-2-4-11-20)27(33)28-17-21-12-7-15-34-21/h2-16,25H,17-18H2,1H3,(H,28,33)(H,29,32)/t25-/m0/s1. The SMILES string of the molecule is Cc1ccccc1N(C(=O)CNC(=O)c1ccco1)[C@H](C(=O)NCc1ccco1)c1ccccc1. The van der Waals surface area contributed by atoms with Crippen LogP contribution in [0.15, 0.2) is 100 Å². The van der Waals surface area contributed by atoms with Gasteiger partial charge in [-0.2, -0.15) is 0 Å². The molecule has 4 aromatic rings. The summed E-state index contributed by atoms with van der Waals surface area (Å²) in [6.45, 7) is 1.70. The first-order valence-corrected chi connectivity index (χ1v) is 11.1. The average Bonchev–Trinajstić information content (AvgIpc) is 3.60. The Bertz CT molecular complexity index is 1270. The smallest absolute Gasteiger partial charge is 0.287 e. The zero-order chi connectivity index (χ0) is 24.6. The lowest BCUT2D eigenvalue weighted by Gasteiger charge is -2.32. The Labute approximate surface area is 202 Å². The fourth-order valence-corrected chi connectivity index (χ4v) is 3.72. The maximum Gasteiger partial charge on any atom is 0.287 e. The molecule has 0 bridgehead atoms. The van der Waals surface area contributed by atoms with E-state index in [1.165, 1.54) is 23.5 Å². The second-order valence-electron chi connectivity index (χ2n) is 7.82. The molecule has 3 amide bonds. The number of aryl methyl sites for hydroxylation is 1. The molecule has 0 saturated heterocycles.